The number of hydrogen-bond donors (Lipinski definition) is 1. The van der Waals surface area contributed by atoms with Crippen LogP contribution in [0.5, 0.6) is 0 Å². The van der Waals surface area contributed by atoms with Gasteiger partial charge in [0.1, 0.15) is 17.4 Å². The molecule has 2 amide bonds. The maximum Gasteiger partial charge on any atom is 0.419 e. The van der Waals surface area contributed by atoms with Crippen molar-refractivity contribution in [3.8, 4) is 6.07 Å². The van der Waals surface area contributed by atoms with Crippen molar-refractivity contribution in [1.82, 2.24) is 15.3 Å². The molecule has 3 heterocycles. The van der Waals surface area contributed by atoms with E-state index in [2.05, 4.69) is 15.3 Å². The number of nitrogens with zero attached hydrogens (tertiary/aromatic N) is 5. The SMILES string of the molecule is N#Cc1ncc(N2C(=O)C3(CCC3)N(c3ccc(C(=O)NCc4cccnc4)c(F)c3)C2=S)cc1C(F)(F)F. The van der Waals surface area contributed by atoms with Crippen molar-refractivity contribution in [2.24, 2.45) is 0 Å². The summed E-state index contributed by atoms with van der Waals surface area (Å²) in [5.74, 6) is -2.10. The Hall–Kier alpha value is -4.44. The Morgan fingerprint density at radius 3 is 2.54 bits per heavy atom. The van der Waals surface area contributed by atoms with Gasteiger partial charge in [-0.2, -0.15) is 18.4 Å². The minimum Gasteiger partial charge on any atom is -0.348 e. The van der Waals surface area contributed by atoms with Gasteiger partial charge in [0.05, 0.1) is 23.0 Å². The quantitative estimate of drug-likeness (QED) is 0.366. The zero-order valence-corrected chi connectivity index (χ0v) is 20.8. The van der Waals surface area contributed by atoms with Gasteiger partial charge in [0.2, 0.25) is 0 Å². The number of anilines is 2. The van der Waals surface area contributed by atoms with Gasteiger partial charge in [0.15, 0.2) is 10.8 Å². The molecule has 0 radical (unpaired) electrons. The smallest absolute Gasteiger partial charge is 0.348 e. The summed E-state index contributed by atoms with van der Waals surface area (Å²) in [6.07, 6.45) is 0.569. The van der Waals surface area contributed by atoms with E-state index in [1.165, 1.54) is 23.1 Å². The summed E-state index contributed by atoms with van der Waals surface area (Å²) in [7, 11) is 0. The van der Waals surface area contributed by atoms with Gasteiger partial charge in [0, 0.05) is 24.6 Å². The molecule has 2 aliphatic rings. The second-order valence-corrected chi connectivity index (χ2v) is 9.42. The van der Waals surface area contributed by atoms with Crippen molar-refractivity contribution in [3.63, 3.8) is 0 Å². The highest BCUT2D eigenvalue weighted by atomic mass is 32.1. The number of benzene rings is 1. The zero-order valence-electron chi connectivity index (χ0n) is 20.0. The molecule has 1 aromatic carbocycles. The fraction of sp³-hybridized carbons (Fsp3) is 0.231. The molecule has 39 heavy (non-hydrogen) atoms. The van der Waals surface area contributed by atoms with Crippen molar-refractivity contribution in [2.75, 3.05) is 9.80 Å². The van der Waals surface area contributed by atoms with Gasteiger partial charge in [0.25, 0.3) is 11.8 Å². The molecule has 3 aromatic rings. The first-order valence-corrected chi connectivity index (χ1v) is 12.1. The van der Waals surface area contributed by atoms with E-state index in [1.807, 2.05) is 0 Å². The molecule has 13 heteroatoms. The third-order valence-corrected chi connectivity index (χ3v) is 7.13. The number of carbonyl (C=O) groups is 2. The van der Waals surface area contributed by atoms with E-state index in [1.54, 1.807) is 24.5 Å². The molecule has 0 bridgehead atoms. The molecule has 198 valence electrons. The molecule has 5 rings (SSSR count). The van der Waals surface area contributed by atoms with Crippen molar-refractivity contribution < 1.29 is 27.2 Å². The van der Waals surface area contributed by atoms with Gasteiger partial charge in [-0.25, -0.2) is 9.37 Å². The van der Waals surface area contributed by atoms with Gasteiger partial charge < -0.3 is 10.2 Å². The maximum atomic E-state index is 15.2. The predicted octanol–water partition coefficient (Wildman–Crippen LogP) is 4.50. The topological polar surface area (TPSA) is 102 Å². The molecule has 1 N–H and O–H groups in total. The molecule has 1 spiro atoms. The predicted molar refractivity (Wildman–Crippen MR) is 135 cm³/mol. The van der Waals surface area contributed by atoms with E-state index in [9.17, 15) is 22.8 Å². The van der Waals surface area contributed by atoms with E-state index in [0.717, 1.165) is 22.7 Å². The van der Waals surface area contributed by atoms with Crippen LogP contribution in [0.4, 0.5) is 28.9 Å². The summed E-state index contributed by atoms with van der Waals surface area (Å²) in [5.41, 5.74) is -2.93. The molecule has 2 fully saturated rings. The molecule has 2 aromatic heterocycles. The van der Waals surface area contributed by atoms with Crippen LogP contribution in [-0.2, 0) is 17.5 Å². The van der Waals surface area contributed by atoms with Crippen molar-refractivity contribution in [1.29, 1.82) is 5.26 Å². The summed E-state index contributed by atoms with van der Waals surface area (Å²) >= 11 is 5.52. The first-order chi connectivity index (χ1) is 18.6. The van der Waals surface area contributed by atoms with Crippen molar-refractivity contribution >= 4 is 40.5 Å². The average molecular weight is 555 g/mol. The number of aromatic nitrogens is 2. The summed E-state index contributed by atoms with van der Waals surface area (Å²) in [6, 6.07) is 9.27. The number of hydrogen-bond acceptors (Lipinski definition) is 6. The number of amides is 2. The largest absolute Gasteiger partial charge is 0.419 e. The first kappa shape index (κ1) is 26.2. The summed E-state index contributed by atoms with van der Waals surface area (Å²) < 4.78 is 55.8. The Morgan fingerprint density at radius 1 is 1.18 bits per heavy atom. The van der Waals surface area contributed by atoms with Crippen LogP contribution in [-0.4, -0.2) is 32.4 Å². The average Bonchev–Trinajstić information content (AvgIpc) is 3.13. The fourth-order valence-corrected chi connectivity index (χ4v) is 5.17. The minimum absolute atomic E-state index is 0.134. The van der Waals surface area contributed by atoms with E-state index in [4.69, 9.17) is 17.5 Å². The molecular weight excluding hydrogens is 536 g/mol. The van der Waals surface area contributed by atoms with Crippen LogP contribution in [0.1, 0.15) is 46.4 Å². The second kappa shape index (κ2) is 9.70. The summed E-state index contributed by atoms with van der Waals surface area (Å²) in [5, 5.41) is 11.5. The highest BCUT2D eigenvalue weighted by molar-refractivity contribution is 7.81. The van der Waals surface area contributed by atoms with Gasteiger partial charge in [-0.3, -0.25) is 19.5 Å². The summed E-state index contributed by atoms with van der Waals surface area (Å²) in [4.78, 5) is 36.0. The highest BCUT2D eigenvalue weighted by Gasteiger charge is 2.60. The Morgan fingerprint density at radius 2 is 1.95 bits per heavy atom. The molecule has 1 aliphatic heterocycles. The van der Waals surface area contributed by atoms with E-state index < -0.39 is 40.6 Å². The van der Waals surface area contributed by atoms with E-state index >= 15 is 4.39 Å². The zero-order chi connectivity index (χ0) is 27.9. The number of halogens is 4. The Labute approximate surface area is 224 Å². The monoisotopic (exact) mass is 554 g/mol. The number of nitriles is 1. The molecular formula is C26H18F4N6O2S. The highest BCUT2D eigenvalue weighted by Crippen LogP contribution is 2.48. The van der Waals surface area contributed by atoms with Crippen molar-refractivity contribution in [3.05, 3.63) is 83.2 Å². The van der Waals surface area contributed by atoms with Crippen LogP contribution >= 0.6 is 12.2 Å². The van der Waals surface area contributed by atoms with Gasteiger partial charge in [-0.1, -0.05) is 6.07 Å². The Kier molecular flexibility index (Phi) is 6.51. The third-order valence-electron chi connectivity index (χ3n) is 6.77. The fourth-order valence-electron chi connectivity index (χ4n) is 4.70. The molecule has 1 saturated carbocycles. The van der Waals surface area contributed by atoms with Crippen LogP contribution < -0.4 is 15.1 Å². The number of pyridine rings is 2. The lowest BCUT2D eigenvalue weighted by Crippen LogP contribution is -2.55. The summed E-state index contributed by atoms with van der Waals surface area (Å²) in [6.45, 7) is 0.134. The van der Waals surface area contributed by atoms with Gasteiger partial charge in [-0.15, -0.1) is 0 Å². The normalized spacial score (nSPS) is 16.3. The van der Waals surface area contributed by atoms with E-state index in [-0.39, 0.29) is 28.6 Å². The molecule has 1 saturated heterocycles. The van der Waals surface area contributed by atoms with Crippen LogP contribution in [0.3, 0.4) is 0 Å². The lowest BCUT2D eigenvalue weighted by Gasteiger charge is -2.43. The molecule has 0 unspecified atom stereocenters. The van der Waals surface area contributed by atoms with Gasteiger partial charge in [-0.05, 0) is 67.4 Å². The lowest BCUT2D eigenvalue weighted by molar-refractivity contribution is -0.138. The molecule has 0 atom stereocenters. The van der Waals surface area contributed by atoms with Crippen LogP contribution in [0.2, 0.25) is 0 Å². The van der Waals surface area contributed by atoms with Crippen molar-refractivity contribution in [2.45, 2.75) is 37.5 Å². The molecule has 1 aliphatic carbocycles. The number of thiocarbonyl (C=S) groups is 1. The number of carbonyl (C=O) groups excluding carboxylic acids is 2. The lowest BCUT2D eigenvalue weighted by atomic mass is 9.75. The van der Waals surface area contributed by atoms with E-state index in [0.29, 0.717) is 25.3 Å². The number of alkyl halides is 3. The Bertz CT molecular complexity index is 1540. The minimum atomic E-state index is -4.89. The number of nitrogens with one attached hydrogen (secondary N) is 1. The second-order valence-electron chi connectivity index (χ2n) is 9.05. The standard InChI is InChI=1S/C26H18F4N6O2S/c27-20-10-16(4-5-18(20)22(37)34-13-15-3-1-8-32-12-15)36-24(39)35(23(38)25(36)6-2-7-25)17-9-19(26(28,29)30)21(11-31)33-14-17/h1,3-5,8-10,12,14H,2,6-7,13H2,(H,34,37). The molecule has 8 nitrogen and oxygen atoms in total. The van der Waals surface area contributed by atoms with Crippen LogP contribution in [0, 0.1) is 17.1 Å². The van der Waals surface area contributed by atoms with Gasteiger partial charge >= 0.3 is 6.18 Å². The number of rotatable bonds is 5. The third kappa shape index (κ3) is 4.46. The Balaban J connectivity index is 1.46. The van der Waals surface area contributed by atoms with Crippen LogP contribution in [0.25, 0.3) is 0 Å². The maximum absolute atomic E-state index is 15.2. The van der Waals surface area contributed by atoms with Crippen LogP contribution in [0.15, 0.2) is 55.0 Å². The first-order valence-electron chi connectivity index (χ1n) is 11.7.